The number of Topliss-reactive ketones (excluding diaryl/α,β-unsaturated/α-hetero) is 1. The van der Waals surface area contributed by atoms with E-state index in [2.05, 4.69) is 12.6 Å². The van der Waals surface area contributed by atoms with Crippen molar-refractivity contribution in [3.8, 4) is 0 Å². The van der Waals surface area contributed by atoms with Crippen molar-refractivity contribution in [1.29, 1.82) is 0 Å². The summed E-state index contributed by atoms with van der Waals surface area (Å²) in [5, 5.41) is 0. The molecule has 0 spiro atoms. The van der Waals surface area contributed by atoms with Gasteiger partial charge in [0.2, 0.25) is 0 Å². The van der Waals surface area contributed by atoms with E-state index in [0.717, 1.165) is 0 Å². The first-order valence-corrected chi connectivity index (χ1v) is 4.27. The molecule has 0 radical (unpaired) electrons. The van der Waals surface area contributed by atoms with Gasteiger partial charge in [0.25, 0.3) is 0 Å². The summed E-state index contributed by atoms with van der Waals surface area (Å²) in [7, 11) is 0. The molecule has 0 fully saturated rings. The second-order valence-electron chi connectivity index (χ2n) is 2.38. The molecule has 0 aromatic heterocycles. The van der Waals surface area contributed by atoms with Crippen LogP contribution in [0.25, 0.3) is 0 Å². The van der Waals surface area contributed by atoms with E-state index in [4.69, 9.17) is 0 Å². The molecule has 1 rings (SSSR count). The van der Waals surface area contributed by atoms with Crippen molar-refractivity contribution in [2.75, 3.05) is 5.75 Å². The molecule has 0 heterocycles. The average molecular weight is 184 g/mol. The smallest absolute Gasteiger partial charge is 0.166 e. The van der Waals surface area contributed by atoms with Crippen LogP contribution in [0.2, 0.25) is 0 Å². The van der Waals surface area contributed by atoms with Gasteiger partial charge in [-0.2, -0.15) is 12.6 Å². The normalized spacial score (nSPS) is 9.83. The number of ketones is 1. The summed E-state index contributed by atoms with van der Waals surface area (Å²) in [4.78, 5) is 11.2. The fourth-order valence-corrected chi connectivity index (χ4v) is 1.13. The van der Waals surface area contributed by atoms with Gasteiger partial charge in [-0.25, -0.2) is 4.39 Å². The number of hydrogen-bond acceptors (Lipinski definition) is 2. The van der Waals surface area contributed by atoms with E-state index in [9.17, 15) is 9.18 Å². The molecule has 0 aliphatic rings. The highest BCUT2D eigenvalue weighted by atomic mass is 32.1. The second kappa shape index (κ2) is 4.26. The summed E-state index contributed by atoms with van der Waals surface area (Å²) in [5.41, 5.74) is 0.159. The van der Waals surface area contributed by atoms with E-state index < -0.39 is 5.82 Å². The quantitative estimate of drug-likeness (QED) is 0.563. The van der Waals surface area contributed by atoms with Crippen LogP contribution in [0.3, 0.4) is 0 Å². The highest BCUT2D eigenvalue weighted by Crippen LogP contribution is 2.09. The van der Waals surface area contributed by atoms with Crippen LogP contribution in [0.15, 0.2) is 24.3 Å². The van der Waals surface area contributed by atoms with Crippen molar-refractivity contribution in [2.24, 2.45) is 0 Å². The maximum Gasteiger partial charge on any atom is 0.166 e. The number of carbonyl (C=O) groups is 1. The summed E-state index contributed by atoms with van der Waals surface area (Å²) < 4.78 is 12.9. The SMILES string of the molecule is O=C(CCS)c1ccccc1F. The lowest BCUT2D eigenvalue weighted by Crippen LogP contribution is -2.02. The molecule has 0 saturated heterocycles. The molecule has 0 aliphatic heterocycles. The van der Waals surface area contributed by atoms with Crippen LogP contribution >= 0.6 is 12.6 Å². The van der Waals surface area contributed by atoms with Gasteiger partial charge in [-0.1, -0.05) is 12.1 Å². The Morgan fingerprint density at radius 1 is 1.42 bits per heavy atom. The third kappa shape index (κ3) is 2.08. The Morgan fingerprint density at radius 3 is 2.67 bits per heavy atom. The predicted molar refractivity (Wildman–Crippen MR) is 49.2 cm³/mol. The van der Waals surface area contributed by atoms with E-state index in [1.165, 1.54) is 12.1 Å². The molecule has 0 saturated carbocycles. The number of benzene rings is 1. The van der Waals surface area contributed by atoms with Gasteiger partial charge in [-0.15, -0.1) is 0 Å². The summed E-state index contributed by atoms with van der Waals surface area (Å²) >= 11 is 3.90. The highest BCUT2D eigenvalue weighted by molar-refractivity contribution is 7.80. The van der Waals surface area contributed by atoms with Crippen molar-refractivity contribution in [2.45, 2.75) is 6.42 Å². The molecule has 0 atom stereocenters. The van der Waals surface area contributed by atoms with E-state index in [-0.39, 0.29) is 17.8 Å². The lowest BCUT2D eigenvalue weighted by molar-refractivity contribution is 0.0986. The molecule has 1 nitrogen and oxygen atoms in total. The van der Waals surface area contributed by atoms with Crippen molar-refractivity contribution in [3.05, 3.63) is 35.6 Å². The number of rotatable bonds is 3. The van der Waals surface area contributed by atoms with E-state index >= 15 is 0 Å². The Hall–Kier alpha value is -0.830. The zero-order valence-corrected chi connectivity index (χ0v) is 7.35. The minimum atomic E-state index is -0.454. The van der Waals surface area contributed by atoms with Crippen molar-refractivity contribution < 1.29 is 9.18 Å². The Balaban J connectivity index is 2.87. The Morgan fingerprint density at radius 2 is 2.08 bits per heavy atom. The van der Waals surface area contributed by atoms with E-state index in [1.54, 1.807) is 12.1 Å². The molecular weight excluding hydrogens is 175 g/mol. The first kappa shape index (κ1) is 9.26. The highest BCUT2D eigenvalue weighted by Gasteiger charge is 2.08. The topological polar surface area (TPSA) is 17.1 Å². The average Bonchev–Trinajstić information content (AvgIpc) is 2.05. The van der Waals surface area contributed by atoms with Gasteiger partial charge in [0.1, 0.15) is 5.82 Å². The van der Waals surface area contributed by atoms with Gasteiger partial charge >= 0.3 is 0 Å². The summed E-state index contributed by atoms with van der Waals surface area (Å²) in [5.74, 6) is -0.194. The predicted octanol–water partition coefficient (Wildman–Crippen LogP) is 2.33. The largest absolute Gasteiger partial charge is 0.294 e. The third-order valence-corrected chi connectivity index (χ3v) is 1.74. The first-order valence-electron chi connectivity index (χ1n) is 3.64. The van der Waals surface area contributed by atoms with Gasteiger partial charge in [-0.3, -0.25) is 4.79 Å². The van der Waals surface area contributed by atoms with E-state index in [0.29, 0.717) is 5.75 Å². The molecule has 0 bridgehead atoms. The summed E-state index contributed by atoms with van der Waals surface area (Å²) in [6, 6.07) is 5.98. The Bertz CT molecular complexity index is 286. The van der Waals surface area contributed by atoms with Crippen molar-refractivity contribution in [3.63, 3.8) is 0 Å². The maximum atomic E-state index is 12.9. The zero-order valence-electron chi connectivity index (χ0n) is 6.46. The number of hydrogen-bond donors (Lipinski definition) is 1. The number of halogens is 1. The van der Waals surface area contributed by atoms with Gasteiger partial charge in [0.05, 0.1) is 5.56 Å². The van der Waals surface area contributed by atoms with Crippen LogP contribution in [-0.4, -0.2) is 11.5 Å². The van der Waals surface area contributed by atoms with Crippen LogP contribution in [0, 0.1) is 5.82 Å². The molecule has 1 aromatic carbocycles. The molecule has 0 aliphatic carbocycles. The summed E-state index contributed by atoms with van der Waals surface area (Å²) in [6.07, 6.45) is 0.282. The molecule has 1 aromatic rings. The van der Waals surface area contributed by atoms with Crippen molar-refractivity contribution in [1.82, 2.24) is 0 Å². The van der Waals surface area contributed by atoms with Crippen LogP contribution < -0.4 is 0 Å². The fraction of sp³-hybridized carbons (Fsp3) is 0.222. The monoisotopic (exact) mass is 184 g/mol. The van der Waals surface area contributed by atoms with Crippen molar-refractivity contribution >= 4 is 18.4 Å². The number of thiol groups is 1. The minimum Gasteiger partial charge on any atom is -0.294 e. The molecule has 64 valence electrons. The molecule has 3 heteroatoms. The Labute approximate surface area is 76.0 Å². The molecule has 0 amide bonds. The molecule has 12 heavy (non-hydrogen) atoms. The lowest BCUT2D eigenvalue weighted by atomic mass is 10.1. The molecular formula is C9H9FOS. The third-order valence-electron chi connectivity index (χ3n) is 1.51. The van der Waals surface area contributed by atoms with Crippen LogP contribution in [0.4, 0.5) is 4.39 Å². The lowest BCUT2D eigenvalue weighted by Gasteiger charge is -1.98. The Kier molecular flexibility index (Phi) is 3.29. The second-order valence-corrected chi connectivity index (χ2v) is 2.82. The zero-order chi connectivity index (χ0) is 8.97. The fourth-order valence-electron chi connectivity index (χ4n) is 0.924. The van der Waals surface area contributed by atoms with Crippen LogP contribution in [0.5, 0.6) is 0 Å². The molecule has 0 unspecified atom stereocenters. The molecule has 0 N–H and O–H groups in total. The maximum absolute atomic E-state index is 12.9. The van der Waals surface area contributed by atoms with E-state index in [1.807, 2.05) is 0 Å². The van der Waals surface area contributed by atoms with Gasteiger partial charge in [0, 0.05) is 6.42 Å². The minimum absolute atomic E-state index is 0.159. The summed E-state index contributed by atoms with van der Waals surface area (Å²) in [6.45, 7) is 0. The van der Waals surface area contributed by atoms with Crippen LogP contribution in [-0.2, 0) is 0 Å². The van der Waals surface area contributed by atoms with Gasteiger partial charge in [0.15, 0.2) is 5.78 Å². The van der Waals surface area contributed by atoms with Gasteiger partial charge in [-0.05, 0) is 17.9 Å². The number of carbonyl (C=O) groups excluding carboxylic acids is 1. The van der Waals surface area contributed by atoms with Crippen LogP contribution in [0.1, 0.15) is 16.8 Å². The standard InChI is InChI=1S/C9H9FOS/c10-8-4-2-1-3-7(8)9(11)5-6-12/h1-4,12H,5-6H2. The van der Waals surface area contributed by atoms with Gasteiger partial charge < -0.3 is 0 Å². The first-order chi connectivity index (χ1) is 5.75.